The fraction of sp³-hybridized carbons (Fsp3) is 0.111. The highest BCUT2D eigenvalue weighted by Crippen LogP contribution is 2.43. The summed E-state index contributed by atoms with van der Waals surface area (Å²) in [5.74, 6) is 0. The highest BCUT2D eigenvalue weighted by Gasteiger charge is 2.20. The van der Waals surface area contributed by atoms with E-state index in [0.717, 1.165) is 15.5 Å². The lowest BCUT2D eigenvalue weighted by atomic mass is 10.1. The first-order valence-electron chi connectivity index (χ1n) is 6.92. The van der Waals surface area contributed by atoms with Gasteiger partial charge in [-0.25, -0.2) is 0 Å². The lowest BCUT2D eigenvalue weighted by molar-refractivity contribution is 0.783. The van der Waals surface area contributed by atoms with Gasteiger partial charge in [0.05, 0.1) is 20.3 Å². The Hall–Kier alpha value is -1.32. The van der Waals surface area contributed by atoms with E-state index in [0.29, 0.717) is 0 Å². The molecule has 1 heterocycles. The van der Waals surface area contributed by atoms with Crippen LogP contribution in [0.5, 0.6) is 0 Å². The van der Waals surface area contributed by atoms with Crippen molar-refractivity contribution < 1.29 is 0 Å². The van der Waals surface area contributed by atoms with E-state index >= 15 is 0 Å². The maximum atomic E-state index is 3.76. The topological polar surface area (TPSA) is 4.93 Å². The van der Waals surface area contributed by atoms with Crippen molar-refractivity contribution in [2.45, 2.75) is 13.5 Å². The molecule has 0 aliphatic rings. The van der Waals surface area contributed by atoms with Gasteiger partial charge in [0.15, 0.2) is 0 Å². The predicted octanol–water partition coefficient (Wildman–Crippen LogP) is 6.37. The third-order valence-electron chi connectivity index (χ3n) is 3.56. The van der Waals surface area contributed by atoms with E-state index in [9.17, 15) is 0 Å². The third-order valence-corrected chi connectivity index (χ3v) is 5.64. The average Bonchev–Trinajstić information content (AvgIpc) is 2.80. The zero-order valence-corrected chi connectivity index (χ0v) is 14.9. The molecule has 0 unspecified atom stereocenters. The van der Waals surface area contributed by atoms with E-state index in [2.05, 4.69) is 91.9 Å². The summed E-state index contributed by atoms with van der Waals surface area (Å²) in [5.41, 5.74) is 4.86. The molecule has 3 heteroatoms. The minimum Gasteiger partial charge on any atom is -0.339 e. The average molecular weight is 405 g/mol. The van der Waals surface area contributed by atoms with Gasteiger partial charge in [0.2, 0.25) is 0 Å². The van der Waals surface area contributed by atoms with Crippen LogP contribution in [0.15, 0.2) is 69.6 Å². The molecule has 0 saturated carbocycles. The van der Waals surface area contributed by atoms with Crippen molar-refractivity contribution in [3.63, 3.8) is 0 Å². The SMILES string of the molecule is CCn1c(-c2ccccc2)c(Br)c(Br)c1-c1ccccc1. The van der Waals surface area contributed by atoms with Crippen LogP contribution in [0.2, 0.25) is 0 Å². The van der Waals surface area contributed by atoms with Gasteiger partial charge in [-0.2, -0.15) is 0 Å². The molecule has 3 aromatic rings. The van der Waals surface area contributed by atoms with E-state index in [1.165, 1.54) is 22.5 Å². The molecule has 0 bridgehead atoms. The molecule has 106 valence electrons. The molecule has 0 radical (unpaired) electrons. The maximum Gasteiger partial charge on any atom is 0.0641 e. The van der Waals surface area contributed by atoms with Crippen LogP contribution >= 0.6 is 31.9 Å². The molecule has 2 aromatic carbocycles. The quantitative estimate of drug-likeness (QED) is 0.478. The first-order chi connectivity index (χ1) is 10.2. The lowest BCUT2D eigenvalue weighted by Crippen LogP contribution is -1.99. The van der Waals surface area contributed by atoms with Crippen molar-refractivity contribution in [2.24, 2.45) is 0 Å². The molecule has 0 aliphatic heterocycles. The summed E-state index contributed by atoms with van der Waals surface area (Å²) in [6.07, 6.45) is 0. The largest absolute Gasteiger partial charge is 0.339 e. The molecular formula is C18H15Br2N. The molecule has 0 N–H and O–H groups in total. The van der Waals surface area contributed by atoms with Crippen LogP contribution < -0.4 is 0 Å². The lowest BCUT2D eigenvalue weighted by Gasteiger charge is -2.12. The fourth-order valence-corrected chi connectivity index (χ4v) is 3.89. The van der Waals surface area contributed by atoms with E-state index in [-0.39, 0.29) is 0 Å². The van der Waals surface area contributed by atoms with Gasteiger partial charge in [0.1, 0.15) is 0 Å². The molecule has 0 amide bonds. The summed E-state index contributed by atoms with van der Waals surface area (Å²) >= 11 is 7.52. The zero-order valence-electron chi connectivity index (χ0n) is 11.7. The Morgan fingerprint density at radius 1 is 0.714 bits per heavy atom. The van der Waals surface area contributed by atoms with Crippen LogP contribution in [0.3, 0.4) is 0 Å². The number of hydrogen-bond acceptors (Lipinski definition) is 0. The van der Waals surface area contributed by atoms with Crippen molar-refractivity contribution in [1.82, 2.24) is 4.57 Å². The Morgan fingerprint density at radius 3 is 1.43 bits per heavy atom. The van der Waals surface area contributed by atoms with Gasteiger partial charge in [-0.3, -0.25) is 0 Å². The summed E-state index contributed by atoms with van der Waals surface area (Å²) in [6, 6.07) is 21.0. The van der Waals surface area contributed by atoms with Gasteiger partial charge in [-0.05, 0) is 49.9 Å². The molecule has 1 nitrogen and oxygen atoms in total. The molecule has 0 saturated heterocycles. The Kier molecular flexibility index (Phi) is 4.32. The van der Waals surface area contributed by atoms with Crippen LogP contribution in [0.25, 0.3) is 22.5 Å². The number of rotatable bonds is 3. The van der Waals surface area contributed by atoms with Gasteiger partial charge < -0.3 is 4.57 Å². The summed E-state index contributed by atoms with van der Waals surface area (Å²) in [7, 11) is 0. The van der Waals surface area contributed by atoms with Crippen LogP contribution in [-0.2, 0) is 6.54 Å². The normalized spacial score (nSPS) is 10.8. The van der Waals surface area contributed by atoms with Gasteiger partial charge in [-0.1, -0.05) is 60.7 Å². The number of nitrogens with zero attached hydrogens (tertiary/aromatic N) is 1. The van der Waals surface area contributed by atoms with Gasteiger partial charge in [0, 0.05) is 6.54 Å². The molecule has 1 aromatic heterocycles. The maximum absolute atomic E-state index is 3.76. The second-order valence-electron chi connectivity index (χ2n) is 4.80. The Labute approximate surface area is 141 Å². The van der Waals surface area contributed by atoms with E-state index in [4.69, 9.17) is 0 Å². The summed E-state index contributed by atoms with van der Waals surface area (Å²) in [4.78, 5) is 0. The minimum atomic E-state index is 0.915. The second-order valence-corrected chi connectivity index (χ2v) is 6.39. The van der Waals surface area contributed by atoms with Crippen LogP contribution in [0.1, 0.15) is 6.92 Å². The summed E-state index contributed by atoms with van der Waals surface area (Å²) in [6.45, 7) is 3.09. The van der Waals surface area contributed by atoms with Gasteiger partial charge >= 0.3 is 0 Å². The highest BCUT2D eigenvalue weighted by molar-refractivity contribution is 9.13. The molecule has 0 atom stereocenters. The Morgan fingerprint density at radius 2 is 1.10 bits per heavy atom. The standard InChI is InChI=1S/C18H15Br2N/c1-2-21-17(13-9-5-3-6-10-13)15(19)16(20)18(21)14-11-7-4-8-12-14/h3-12H,2H2,1H3. The first kappa shape index (κ1) is 14.6. The van der Waals surface area contributed by atoms with E-state index < -0.39 is 0 Å². The van der Waals surface area contributed by atoms with Crippen LogP contribution in [-0.4, -0.2) is 4.57 Å². The van der Waals surface area contributed by atoms with Crippen molar-refractivity contribution in [2.75, 3.05) is 0 Å². The monoisotopic (exact) mass is 403 g/mol. The van der Waals surface area contributed by atoms with E-state index in [1.54, 1.807) is 0 Å². The predicted molar refractivity (Wildman–Crippen MR) is 96.4 cm³/mol. The van der Waals surface area contributed by atoms with Gasteiger partial charge in [-0.15, -0.1) is 0 Å². The molecule has 3 rings (SSSR count). The van der Waals surface area contributed by atoms with Crippen LogP contribution in [0, 0.1) is 0 Å². The van der Waals surface area contributed by atoms with Crippen molar-refractivity contribution in [3.8, 4) is 22.5 Å². The van der Waals surface area contributed by atoms with Crippen molar-refractivity contribution >= 4 is 31.9 Å². The summed E-state index contributed by atoms with van der Waals surface area (Å²) in [5, 5.41) is 0. The number of halogens is 2. The molecule has 0 spiro atoms. The fourth-order valence-electron chi connectivity index (χ4n) is 2.63. The zero-order chi connectivity index (χ0) is 14.8. The van der Waals surface area contributed by atoms with Crippen LogP contribution in [0.4, 0.5) is 0 Å². The molecule has 0 fully saturated rings. The number of hydrogen-bond donors (Lipinski definition) is 0. The second kappa shape index (κ2) is 6.20. The number of benzene rings is 2. The number of aromatic nitrogens is 1. The molecular weight excluding hydrogens is 390 g/mol. The molecule has 0 aliphatic carbocycles. The first-order valence-corrected chi connectivity index (χ1v) is 8.51. The minimum absolute atomic E-state index is 0.915. The van der Waals surface area contributed by atoms with Crippen molar-refractivity contribution in [1.29, 1.82) is 0 Å². The Balaban J connectivity index is 2.29. The molecule has 21 heavy (non-hydrogen) atoms. The van der Waals surface area contributed by atoms with Gasteiger partial charge in [0.25, 0.3) is 0 Å². The highest BCUT2D eigenvalue weighted by atomic mass is 79.9. The van der Waals surface area contributed by atoms with E-state index in [1.807, 2.05) is 12.1 Å². The third kappa shape index (κ3) is 2.60. The summed E-state index contributed by atoms with van der Waals surface area (Å²) < 4.78 is 4.56. The van der Waals surface area contributed by atoms with Crippen molar-refractivity contribution in [3.05, 3.63) is 69.6 Å². The Bertz CT molecular complexity index is 683. The smallest absolute Gasteiger partial charge is 0.0641 e.